The van der Waals surface area contributed by atoms with Gasteiger partial charge in [-0.2, -0.15) is 5.26 Å². The number of benzene rings is 1. The van der Waals surface area contributed by atoms with E-state index < -0.39 is 0 Å². The third kappa shape index (κ3) is 4.06. The lowest BCUT2D eigenvalue weighted by Gasteiger charge is -2.20. The van der Waals surface area contributed by atoms with Gasteiger partial charge in [0.05, 0.1) is 23.0 Å². The van der Waals surface area contributed by atoms with Crippen molar-refractivity contribution in [3.8, 4) is 28.5 Å². The van der Waals surface area contributed by atoms with E-state index >= 15 is 0 Å². The molecule has 0 radical (unpaired) electrons. The van der Waals surface area contributed by atoms with Crippen LogP contribution in [0.25, 0.3) is 28.0 Å². The van der Waals surface area contributed by atoms with Crippen molar-refractivity contribution < 1.29 is 0 Å². The zero-order chi connectivity index (χ0) is 21.0. The lowest BCUT2D eigenvalue weighted by Crippen LogP contribution is -2.28. The SMILES string of the molecule is N#Cc1ccc(-c2nc3ccc(-c4ccncc4)cn3c2CN2CCCNCC2)cc1. The molecule has 1 aromatic carbocycles. The summed E-state index contributed by atoms with van der Waals surface area (Å²) in [6.45, 7) is 4.99. The smallest absolute Gasteiger partial charge is 0.137 e. The molecule has 1 aliphatic rings. The summed E-state index contributed by atoms with van der Waals surface area (Å²) in [6, 6.07) is 18.2. The summed E-state index contributed by atoms with van der Waals surface area (Å²) in [7, 11) is 0. The van der Waals surface area contributed by atoms with E-state index in [1.165, 1.54) is 5.69 Å². The van der Waals surface area contributed by atoms with Crippen molar-refractivity contribution in [3.05, 3.63) is 78.4 Å². The fraction of sp³-hybridized carbons (Fsp3) is 0.240. The monoisotopic (exact) mass is 408 g/mol. The highest BCUT2D eigenvalue weighted by atomic mass is 15.2. The predicted molar refractivity (Wildman–Crippen MR) is 121 cm³/mol. The van der Waals surface area contributed by atoms with E-state index in [1.807, 2.05) is 48.8 Å². The summed E-state index contributed by atoms with van der Waals surface area (Å²) >= 11 is 0. The Kier molecular flexibility index (Phi) is 5.44. The minimum absolute atomic E-state index is 0.660. The van der Waals surface area contributed by atoms with Crippen molar-refractivity contribution in [2.45, 2.75) is 13.0 Å². The Morgan fingerprint density at radius 3 is 2.52 bits per heavy atom. The minimum atomic E-state index is 0.660. The number of hydrogen-bond donors (Lipinski definition) is 1. The number of pyridine rings is 2. The van der Waals surface area contributed by atoms with Gasteiger partial charge < -0.3 is 9.72 Å². The fourth-order valence-electron chi connectivity index (χ4n) is 4.16. The first kappa shape index (κ1) is 19.4. The predicted octanol–water partition coefficient (Wildman–Crippen LogP) is 3.73. The van der Waals surface area contributed by atoms with Crippen LogP contribution in [0.1, 0.15) is 17.7 Å². The molecule has 6 heteroatoms. The number of nitrogens with zero attached hydrogens (tertiary/aromatic N) is 5. The summed E-state index contributed by atoms with van der Waals surface area (Å²) < 4.78 is 2.22. The lowest BCUT2D eigenvalue weighted by molar-refractivity contribution is 0.281. The van der Waals surface area contributed by atoms with Crippen LogP contribution >= 0.6 is 0 Å². The van der Waals surface area contributed by atoms with Crippen LogP contribution in [0.4, 0.5) is 0 Å². The highest BCUT2D eigenvalue weighted by Crippen LogP contribution is 2.28. The molecular formula is C25H24N6. The zero-order valence-corrected chi connectivity index (χ0v) is 17.3. The second kappa shape index (κ2) is 8.68. The van der Waals surface area contributed by atoms with Crippen LogP contribution in [-0.2, 0) is 6.54 Å². The maximum absolute atomic E-state index is 9.16. The van der Waals surface area contributed by atoms with Crippen LogP contribution in [0.3, 0.4) is 0 Å². The molecule has 0 spiro atoms. The van der Waals surface area contributed by atoms with E-state index in [0.717, 1.165) is 67.2 Å². The van der Waals surface area contributed by atoms with Gasteiger partial charge in [0.15, 0.2) is 0 Å². The Balaban J connectivity index is 1.62. The number of rotatable bonds is 4. The van der Waals surface area contributed by atoms with Gasteiger partial charge in [0.25, 0.3) is 0 Å². The molecule has 6 nitrogen and oxygen atoms in total. The number of hydrogen-bond acceptors (Lipinski definition) is 5. The Morgan fingerprint density at radius 1 is 0.903 bits per heavy atom. The number of fused-ring (bicyclic) bond motifs is 1. The summed E-state index contributed by atoms with van der Waals surface area (Å²) in [5, 5.41) is 12.6. The van der Waals surface area contributed by atoms with Crippen molar-refractivity contribution in [2.75, 3.05) is 26.2 Å². The average molecular weight is 409 g/mol. The Morgan fingerprint density at radius 2 is 1.71 bits per heavy atom. The molecule has 1 fully saturated rings. The minimum Gasteiger partial charge on any atom is -0.315 e. The Bertz CT molecular complexity index is 1210. The van der Waals surface area contributed by atoms with E-state index in [0.29, 0.717) is 5.56 Å². The average Bonchev–Trinajstić information content (AvgIpc) is 2.98. The number of nitrogens with one attached hydrogen (secondary N) is 1. The fourth-order valence-corrected chi connectivity index (χ4v) is 4.16. The van der Waals surface area contributed by atoms with E-state index in [1.54, 1.807) is 0 Å². The molecule has 0 aliphatic carbocycles. The van der Waals surface area contributed by atoms with Crippen LogP contribution in [0.2, 0.25) is 0 Å². The van der Waals surface area contributed by atoms with E-state index in [2.05, 4.69) is 44.0 Å². The third-order valence-electron chi connectivity index (χ3n) is 5.82. The first-order valence-corrected chi connectivity index (χ1v) is 10.7. The highest BCUT2D eigenvalue weighted by Gasteiger charge is 2.18. The van der Waals surface area contributed by atoms with Gasteiger partial charge in [-0.1, -0.05) is 12.1 Å². The molecule has 0 atom stereocenters. The molecule has 31 heavy (non-hydrogen) atoms. The lowest BCUT2D eigenvalue weighted by atomic mass is 10.1. The van der Waals surface area contributed by atoms with Gasteiger partial charge in [-0.05, 0) is 67.0 Å². The molecule has 5 rings (SSSR count). The Hall–Kier alpha value is -3.53. The molecule has 0 unspecified atom stereocenters. The summed E-state index contributed by atoms with van der Waals surface area (Å²) in [5.41, 5.74) is 7.06. The van der Waals surface area contributed by atoms with Gasteiger partial charge in [-0.3, -0.25) is 9.88 Å². The van der Waals surface area contributed by atoms with Gasteiger partial charge in [0.1, 0.15) is 5.65 Å². The molecule has 1 saturated heterocycles. The maximum atomic E-state index is 9.16. The van der Waals surface area contributed by atoms with Crippen molar-refractivity contribution in [3.63, 3.8) is 0 Å². The van der Waals surface area contributed by atoms with Gasteiger partial charge >= 0.3 is 0 Å². The summed E-state index contributed by atoms with van der Waals surface area (Å²) in [6.07, 6.45) is 6.96. The number of imidazole rings is 1. The second-order valence-electron chi connectivity index (χ2n) is 7.86. The molecule has 4 aromatic rings. The molecule has 1 N–H and O–H groups in total. The van der Waals surface area contributed by atoms with E-state index in [9.17, 15) is 0 Å². The molecule has 0 bridgehead atoms. The van der Waals surface area contributed by atoms with Crippen LogP contribution in [0.5, 0.6) is 0 Å². The highest BCUT2D eigenvalue weighted by molar-refractivity contribution is 5.70. The molecule has 0 amide bonds. The van der Waals surface area contributed by atoms with Crippen molar-refractivity contribution in [2.24, 2.45) is 0 Å². The Labute approximate surface area is 181 Å². The maximum Gasteiger partial charge on any atom is 0.137 e. The number of nitriles is 1. The van der Waals surface area contributed by atoms with Crippen LogP contribution in [0.15, 0.2) is 67.1 Å². The molecule has 3 aromatic heterocycles. The van der Waals surface area contributed by atoms with Crippen molar-refractivity contribution >= 4 is 5.65 Å². The van der Waals surface area contributed by atoms with Crippen molar-refractivity contribution in [1.82, 2.24) is 24.6 Å². The molecule has 4 heterocycles. The van der Waals surface area contributed by atoms with Crippen molar-refractivity contribution in [1.29, 1.82) is 5.26 Å². The van der Waals surface area contributed by atoms with E-state index in [4.69, 9.17) is 10.2 Å². The molecule has 154 valence electrons. The van der Waals surface area contributed by atoms with Crippen LogP contribution < -0.4 is 5.32 Å². The first-order valence-electron chi connectivity index (χ1n) is 10.7. The van der Waals surface area contributed by atoms with Crippen LogP contribution in [0, 0.1) is 11.3 Å². The van der Waals surface area contributed by atoms with E-state index in [-0.39, 0.29) is 0 Å². The molecule has 0 saturated carbocycles. The topological polar surface area (TPSA) is 69.2 Å². The summed E-state index contributed by atoms with van der Waals surface area (Å²) in [5.74, 6) is 0. The quantitative estimate of drug-likeness (QED) is 0.557. The first-order chi connectivity index (χ1) is 15.3. The van der Waals surface area contributed by atoms with Gasteiger partial charge in [0.2, 0.25) is 0 Å². The normalized spacial score (nSPS) is 14.9. The third-order valence-corrected chi connectivity index (χ3v) is 5.82. The van der Waals surface area contributed by atoms with Gasteiger partial charge in [-0.25, -0.2) is 4.98 Å². The second-order valence-corrected chi connectivity index (χ2v) is 7.86. The molecular weight excluding hydrogens is 384 g/mol. The standard InChI is InChI=1S/C25H24N6/c26-16-19-2-4-21(5-3-19)25-23(18-30-14-1-10-27-13-15-30)31-17-22(6-7-24(31)29-25)20-8-11-28-12-9-20/h2-9,11-12,17,27H,1,10,13-15,18H2. The zero-order valence-electron chi connectivity index (χ0n) is 17.3. The number of aromatic nitrogens is 3. The van der Waals surface area contributed by atoms with Crippen LogP contribution in [-0.4, -0.2) is 45.4 Å². The largest absolute Gasteiger partial charge is 0.315 e. The van der Waals surface area contributed by atoms with Gasteiger partial charge in [-0.15, -0.1) is 0 Å². The van der Waals surface area contributed by atoms with Gasteiger partial charge in [0, 0.05) is 43.8 Å². The summed E-state index contributed by atoms with van der Waals surface area (Å²) in [4.78, 5) is 11.6. The molecule has 1 aliphatic heterocycles.